The van der Waals surface area contributed by atoms with E-state index in [1.165, 1.54) is 18.5 Å². The minimum absolute atomic E-state index is 0.242. The van der Waals surface area contributed by atoms with Crippen LogP contribution in [0.15, 0.2) is 0 Å². The summed E-state index contributed by atoms with van der Waals surface area (Å²) >= 11 is 0. The Bertz CT molecular complexity index is 105. The summed E-state index contributed by atoms with van der Waals surface area (Å²) in [5.41, 5.74) is 0. The van der Waals surface area contributed by atoms with E-state index in [1.807, 2.05) is 13.8 Å². The van der Waals surface area contributed by atoms with Crippen molar-refractivity contribution in [2.45, 2.75) is 57.2 Å². The maximum absolute atomic E-state index is 9.52. The zero-order valence-corrected chi connectivity index (χ0v) is 11.7. The number of hydrogen-bond acceptors (Lipinski definition) is 1. The van der Waals surface area contributed by atoms with Gasteiger partial charge in [-0.2, -0.15) is 0 Å². The maximum Gasteiger partial charge on any atom is 0.0584 e. The number of aliphatic hydroxyl groups is 1. The lowest BCUT2D eigenvalue weighted by Crippen LogP contribution is -2.28. The van der Waals surface area contributed by atoms with Gasteiger partial charge in [0.15, 0.2) is 0 Å². The topological polar surface area (TPSA) is 20.2 Å². The first-order valence-corrected chi connectivity index (χ1v) is 10.3. The molecule has 1 N–H and O–H groups in total. The molecular weight excluding hydrogens is 180 g/mol. The number of hydrogen-bond donors (Lipinski definition) is 1. The molecule has 0 saturated carbocycles. The predicted molar refractivity (Wildman–Crippen MR) is 62.4 cm³/mol. The third kappa shape index (κ3) is 10.4. The van der Waals surface area contributed by atoms with E-state index in [0.717, 1.165) is 0 Å². The molecule has 0 aliphatic carbocycles. The lowest BCUT2D eigenvalue weighted by atomic mass is 10.5. The van der Waals surface area contributed by atoms with Crippen molar-refractivity contribution in [2.24, 2.45) is 0 Å². The molecule has 0 fully saturated rings. The van der Waals surface area contributed by atoms with E-state index in [-0.39, 0.29) is 14.7 Å². The molecule has 0 atom stereocenters. The van der Waals surface area contributed by atoms with Gasteiger partial charge in [0.1, 0.15) is 0 Å². The van der Waals surface area contributed by atoms with Crippen molar-refractivity contribution in [1.29, 1.82) is 0 Å². The van der Waals surface area contributed by atoms with Crippen molar-refractivity contribution in [3.63, 3.8) is 0 Å². The molecule has 74 valence electrons. The van der Waals surface area contributed by atoms with Gasteiger partial charge in [-0.3, -0.25) is 0 Å². The Labute approximate surface area is 80.4 Å². The van der Waals surface area contributed by atoms with Crippen molar-refractivity contribution in [3.05, 3.63) is 0 Å². The van der Waals surface area contributed by atoms with Gasteiger partial charge in [-0.1, -0.05) is 38.2 Å². The molecule has 0 saturated heterocycles. The van der Waals surface area contributed by atoms with Crippen LogP contribution in [0.5, 0.6) is 0 Å². The lowest BCUT2D eigenvalue weighted by Gasteiger charge is -2.18. The van der Waals surface area contributed by atoms with E-state index in [0.29, 0.717) is 0 Å². The molecular formula is C9H24OSi2. The highest BCUT2D eigenvalue weighted by Crippen LogP contribution is 2.14. The zero-order valence-electron chi connectivity index (χ0n) is 9.28. The Morgan fingerprint density at radius 2 is 1.75 bits per heavy atom. The molecule has 0 aliphatic rings. The standard InChI is InChI=1S/C9H24OSi2/c1-9(2,10)11-7-6-8-12(3,4)5/h10H,6-8,11H2,1-5H3. The second-order valence-electron chi connectivity index (χ2n) is 5.58. The summed E-state index contributed by atoms with van der Waals surface area (Å²) < 4.78 is 0. The van der Waals surface area contributed by atoms with Gasteiger partial charge in [0.05, 0.1) is 9.52 Å². The van der Waals surface area contributed by atoms with Crippen LogP contribution in [-0.4, -0.2) is 27.9 Å². The third-order valence-electron chi connectivity index (χ3n) is 1.97. The average Bonchev–Trinajstić information content (AvgIpc) is 1.76. The molecule has 0 aromatic heterocycles. The van der Waals surface area contributed by atoms with Crippen molar-refractivity contribution in [3.8, 4) is 0 Å². The van der Waals surface area contributed by atoms with Crippen LogP contribution in [0.1, 0.15) is 20.3 Å². The molecule has 0 amide bonds. The van der Waals surface area contributed by atoms with E-state index < -0.39 is 8.07 Å². The highest BCUT2D eigenvalue weighted by molar-refractivity contribution is 6.76. The van der Waals surface area contributed by atoms with Gasteiger partial charge in [0.25, 0.3) is 0 Å². The lowest BCUT2D eigenvalue weighted by molar-refractivity contribution is 0.165. The first-order chi connectivity index (χ1) is 5.21. The van der Waals surface area contributed by atoms with Crippen LogP contribution in [0.4, 0.5) is 0 Å². The van der Waals surface area contributed by atoms with Gasteiger partial charge in [0.2, 0.25) is 0 Å². The fourth-order valence-corrected chi connectivity index (χ4v) is 4.39. The van der Waals surface area contributed by atoms with E-state index in [1.54, 1.807) is 0 Å². The molecule has 0 aliphatic heterocycles. The van der Waals surface area contributed by atoms with Crippen molar-refractivity contribution >= 4 is 17.6 Å². The van der Waals surface area contributed by atoms with Gasteiger partial charge >= 0.3 is 0 Å². The minimum Gasteiger partial charge on any atom is -0.395 e. The minimum atomic E-state index is -0.813. The Kier molecular flexibility index (Phi) is 4.73. The molecule has 0 spiro atoms. The van der Waals surface area contributed by atoms with Crippen LogP contribution in [0.3, 0.4) is 0 Å². The average molecular weight is 204 g/mol. The molecule has 12 heavy (non-hydrogen) atoms. The third-order valence-corrected chi connectivity index (χ3v) is 5.90. The fourth-order valence-electron chi connectivity index (χ4n) is 1.21. The second kappa shape index (κ2) is 4.58. The van der Waals surface area contributed by atoms with Crippen molar-refractivity contribution < 1.29 is 5.11 Å². The van der Waals surface area contributed by atoms with Gasteiger partial charge in [0, 0.05) is 13.3 Å². The highest BCUT2D eigenvalue weighted by Gasteiger charge is 2.15. The van der Waals surface area contributed by atoms with Crippen LogP contribution >= 0.6 is 0 Å². The van der Waals surface area contributed by atoms with Crippen molar-refractivity contribution in [1.82, 2.24) is 0 Å². The van der Waals surface area contributed by atoms with E-state index in [4.69, 9.17) is 0 Å². The molecule has 0 rings (SSSR count). The van der Waals surface area contributed by atoms with Gasteiger partial charge in [-0.15, -0.1) is 0 Å². The van der Waals surface area contributed by atoms with E-state index in [2.05, 4.69) is 19.6 Å². The molecule has 0 radical (unpaired) electrons. The first kappa shape index (κ1) is 12.4. The molecule has 0 aromatic rings. The largest absolute Gasteiger partial charge is 0.395 e. The molecule has 0 aromatic carbocycles. The quantitative estimate of drug-likeness (QED) is 0.537. The van der Waals surface area contributed by atoms with E-state index in [9.17, 15) is 5.11 Å². The second-order valence-corrected chi connectivity index (χ2v) is 14.1. The van der Waals surface area contributed by atoms with Crippen LogP contribution in [0.2, 0.25) is 31.7 Å². The summed E-state index contributed by atoms with van der Waals surface area (Å²) in [6.07, 6.45) is 1.35. The molecule has 0 heterocycles. The Hall–Kier alpha value is 0.394. The van der Waals surface area contributed by atoms with Crippen molar-refractivity contribution in [2.75, 3.05) is 0 Å². The maximum atomic E-state index is 9.52. The van der Waals surface area contributed by atoms with Crippen LogP contribution in [0, 0.1) is 0 Å². The Morgan fingerprint density at radius 1 is 1.25 bits per heavy atom. The molecule has 3 heteroatoms. The SMILES string of the molecule is CC(C)(O)[SiH2]CCC[Si](C)(C)C. The summed E-state index contributed by atoms with van der Waals surface area (Å²) in [7, 11) is -1.05. The van der Waals surface area contributed by atoms with Crippen LogP contribution < -0.4 is 0 Å². The zero-order chi connectivity index (χ0) is 9.83. The predicted octanol–water partition coefficient (Wildman–Crippen LogP) is 2.03. The first-order valence-electron chi connectivity index (χ1n) is 4.93. The smallest absolute Gasteiger partial charge is 0.0584 e. The molecule has 0 unspecified atom stereocenters. The summed E-state index contributed by atoms with van der Waals surface area (Å²) in [4.78, 5) is 0. The summed E-state index contributed by atoms with van der Waals surface area (Å²) in [6.45, 7) is 11.2. The van der Waals surface area contributed by atoms with E-state index >= 15 is 0 Å². The summed E-state index contributed by atoms with van der Waals surface area (Å²) in [5.74, 6) is 0. The fraction of sp³-hybridized carbons (Fsp3) is 1.00. The molecule has 1 nitrogen and oxygen atoms in total. The van der Waals surface area contributed by atoms with Gasteiger partial charge in [-0.05, 0) is 13.8 Å². The number of rotatable bonds is 5. The normalized spacial score (nSPS) is 14.5. The van der Waals surface area contributed by atoms with Crippen LogP contribution in [0.25, 0.3) is 0 Å². The Balaban J connectivity index is 3.35. The highest BCUT2D eigenvalue weighted by atomic mass is 28.3. The Morgan fingerprint density at radius 3 is 2.08 bits per heavy atom. The summed E-state index contributed by atoms with van der Waals surface area (Å²) in [5, 5.41) is 9.20. The molecule has 0 bridgehead atoms. The van der Waals surface area contributed by atoms with Gasteiger partial charge < -0.3 is 5.11 Å². The van der Waals surface area contributed by atoms with Gasteiger partial charge in [-0.25, -0.2) is 0 Å². The monoisotopic (exact) mass is 204 g/mol. The van der Waals surface area contributed by atoms with Crippen LogP contribution in [-0.2, 0) is 0 Å². The summed E-state index contributed by atoms with van der Waals surface area (Å²) in [6, 6.07) is 2.74.